The topological polar surface area (TPSA) is 60.2 Å². The fourth-order valence-corrected chi connectivity index (χ4v) is 2.77. The molecule has 0 unspecified atom stereocenters. The Kier molecular flexibility index (Phi) is 4.63. The van der Waals surface area contributed by atoms with Gasteiger partial charge in [-0.15, -0.1) is 0 Å². The van der Waals surface area contributed by atoms with Crippen LogP contribution in [-0.4, -0.2) is 42.0 Å². The molecule has 0 saturated carbocycles. The Bertz CT molecular complexity index is 795. The Hall–Kier alpha value is -2.65. The number of hydrogen-bond donors (Lipinski definition) is 0. The maximum atomic E-state index is 13.5. The molecular weight excluding hydrogens is 331 g/mol. The standard InChI is InChI=1S/C17H14ClFN4O/c18-14-1-2-16(21-11-14)22-3-5-23(6-4-22)17(24)13-7-12(10-20)8-15(19)9-13/h1-2,7-9,11H,3-6H2. The molecule has 1 aliphatic heterocycles. The molecule has 1 fully saturated rings. The van der Waals surface area contributed by atoms with E-state index in [4.69, 9.17) is 16.9 Å². The van der Waals surface area contributed by atoms with E-state index in [1.807, 2.05) is 12.1 Å². The number of amides is 1. The molecule has 0 radical (unpaired) electrons. The number of pyridine rings is 1. The third kappa shape index (κ3) is 3.47. The van der Waals surface area contributed by atoms with E-state index in [0.717, 1.165) is 18.0 Å². The maximum absolute atomic E-state index is 13.5. The van der Waals surface area contributed by atoms with Crippen LogP contribution in [0.1, 0.15) is 15.9 Å². The molecule has 1 aromatic heterocycles. The van der Waals surface area contributed by atoms with Gasteiger partial charge in [0.15, 0.2) is 0 Å². The van der Waals surface area contributed by atoms with E-state index in [2.05, 4.69) is 9.88 Å². The van der Waals surface area contributed by atoms with Crippen LogP contribution in [0, 0.1) is 17.1 Å². The van der Waals surface area contributed by atoms with Gasteiger partial charge in [0.1, 0.15) is 11.6 Å². The van der Waals surface area contributed by atoms with E-state index in [1.54, 1.807) is 17.2 Å². The molecule has 24 heavy (non-hydrogen) atoms. The Balaban J connectivity index is 1.68. The highest BCUT2D eigenvalue weighted by Gasteiger charge is 2.23. The minimum absolute atomic E-state index is 0.141. The number of anilines is 1. The van der Waals surface area contributed by atoms with Crippen molar-refractivity contribution in [3.63, 3.8) is 0 Å². The van der Waals surface area contributed by atoms with Crippen LogP contribution in [-0.2, 0) is 0 Å². The molecule has 5 nitrogen and oxygen atoms in total. The van der Waals surface area contributed by atoms with Gasteiger partial charge >= 0.3 is 0 Å². The molecular formula is C17H14ClFN4O. The summed E-state index contributed by atoms with van der Waals surface area (Å²) in [4.78, 5) is 20.5. The number of carbonyl (C=O) groups is 1. The first-order valence-electron chi connectivity index (χ1n) is 7.43. The molecule has 122 valence electrons. The van der Waals surface area contributed by atoms with E-state index in [0.29, 0.717) is 31.2 Å². The molecule has 0 N–H and O–H groups in total. The van der Waals surface area contributed by atoms with Gasteiger partial charge in [-0.3, -0.25) is 4.79 Å². The number of rotatable bonds is 2. The smallest absolute Gasteiger partial charge is 0.254 e. The second kappa shape index (κ2) is 6.85. The Labute approximate surface area is 143 Å². The summed E-state index contributed by atoms with van der Waals surface area (Å²) < 4.78 is 13.5. The fraction of sp³-hybridized carbons (Fsp3) is 0.235. The minimum atomic E-state index is -0.582. The molecule has 2 heterocycles. The van der Waals surface area contributed by atoms with Crippen molar-refractivity contribution < 1.29 is 9.18 Å². The third-order valence-electron chi connectivity index (χ3n) is 3.88. The number of aromatic nitrogens is 1. The molecule has 1 aliphatic rings. The van der Waals surface area contributed by atoms with Gasteiger partial charge in [0, 0.05) is 37.9 Å². The molecule has 0 bridgehead atoms. The highest BCUT2D eigenvalue weighted by molar-refractivity contribution is 6.30. The summed E-state index contributed by atoms with van der Waals surface area (Å²) in [7, 11) is 0. The summed E-state index contributed by atoms with van der Waals surface area (Å²) in [6.07, 6.45) is 1.59. The normalized spacial score (nSPS) is 14.4. The largest absolute Gasteiger partial charge is 0.353 e. The number of nitrogens with zero attached hydrogens (tertiary/aromatic N) is 4. The second-order valence-electron chi connectivity index (χ2n) is 5.45. The van der Waals surface area contributed by atoms with Crippen LogP contribution >= 0.6 is 11.6 Å². The number of nitriles is 1. The molecule has 0 spiro atoms. The fourth-order valence-electron chi connectivity index (χ4n) is 2.65. The van der Waals surface area contributed by atoms with Crippen LogP contribution in [0.5, 0.6) is 0 Å². The van der Waals surface area contributed by atoms with Crippen molar-refractivity contribution in [1.29, 1.82) is 5.26 Å². The zero-order valence-electron chi connectivity index (χ0n) is 12.7. The van der Waals surface area contributed by atoms with Crippen LogP contribution in [0.25, 0.3) is 0 Å². The Morgan fingerprint density at radius 2 is 1.96 bits per heavy atom. The summed E-state index contributed by atoms with van der Waals surface area (Å²) in [6, 6.07) is 9.17. The van der Waals surface area contributed by atoms with Crippen LogP contribution in [0.4, 0.5) is 10.2 Å². The van der Waals surface area contributed by atoms with Crippen LogP contribution in [0.15, 0.2) is 36.5 Å². The molecule has 1 saturated heterocycles. The average Bonchev–Trinajstić information content (AvgIpc) is 2.61. The lowest BCUT2D eigenvalue weighted by Gasteiger charge is -2.35. The zero-order valence-corrected chi connectivity index (χ0v) is 13.5. The van der Waals surface area contributed by atoms with Gasteiger partial charge in [0.2, 0.25) is 0 Å². The van der Waals surface area contributed by atoms with E-state index in [9.17, 15) is 9.18 Å². The van der Waals surface area contributed by atoms with Crippen molar-refractivity contribution in [2.24, 2.45) is 0 Å². The van der Waals surface area contributed by atoms with Gasteiger partial charge in [-0.1, -0.05) is 11.6 Å². The quantitative estimate of drug-likeness (QED) is 0.840. The van der Waals surface area contributed by atoms with E-state index in [-0.39, 0.29) is 17.0 Å². The SMILES string of the molecule is N#Cc1cc(F)cc(C(=O)N2CCN(c3ccc(Cl)cn3)CC2)c1. The summed E-state index contributed by atoms with van der Waals surface area (Å²) >= 11 is 5.83. The first-order chi connectivity index (χ1) is 11.6. The summed E-state index contributed by atoms with van der Waals surface area (Å²) in [6.45, 7) is 2.25. The van der Waals surface area contributed by atoms with Gasteiger partial charge in [-0.2, -0.15) is 5.26 Å². The van der Waals surface area contributed by atoms with Crippen LogP contribution in [0.2, 0.25) is 5.02 Å². The molecule has 1 amide bonds. The van der Waals surface area contributed by atoms with E-state index >= 15 is 0 Å². The highest BCUT2D eigenvalue weighted by atomic mass is 35.5. The Morgan fingerprint density at radius 1 is 1.21 bits per heavy atom. The van der Waals surface area contributed by atoms with Crippen molar-refractivity contribution in [3.05, 3.63) is 58.5 Å². The van der Waals surface area contributed by atoms with Gasteiger partial charge < -0.3 is 9.80 Å². The van der Waals surface area contributed by atoms with Gasteiger partial charge in [0.25, 0.3) is 5.91 Å². The lowest BCUT2D eigenvalue weighted by Crippen LogP contribution is -2.49. The number of piperazine rings is 1. The number of carbonyl (C=O) groups excluding carboxylic acids is 1. The van der Waals surface area contributed by atoms with Gasteiger partial charge in [0.05, 0.1) is 16.7 Å². The first kappa shape index (κ1) is 16.2. The lowest BCUT2D eigenvalue weighted by molar-refractivity contribution is 0.0746. The summed E-state index contributed by atoms with van der Waals surface area (Å²) in [5.41, 5.74) is 0.340. The van der Waals surface area contributed by atoms with E-state index < -0.39 is 5.82 Å². The maximum Gasteiger partial charge on any atom is 0.254 e. The first-order valence-corrected chi connectivity index (χ1v) is 7.81. The zero-order chi connectivity index (χ0) is 17.1. The second-order valence-corrected chi connectivity index (χ2v) is 5.89. The number of hydrogen-bond acceptors (Lipinski definition) is 4. The van der Waals surface area contributed by atoms with Crippen molar-refractivity contribution in [2.45, 2.75) is 0 Å². The lowest BCUT2D eigenvalue weighted by atomic mass is 10.1. The Morgan fingerprint density at radius 3 is 2.58 bits per heavy atom. The van der Waals surface area contributed by atoms with E-state index in [1.165, 1.54) is 6.07 Å². The van der Waals surface area contributed by atoms with Crippen LogP contribution in [0.3, 0.4) is 0 Å². The third-order valence-corrected chi connectivity index (χ3v) is 4.10. The van der Waals surface area contributed by atoms with Crippen molar-refractivity contribution in [1.82, 2.24) is 9.88 Å². The summed E-state index contributed by atoms with van der Waals surface area (Å²) in [5, 5.41) is 9.47. The molecule has 1 aromatic carbocycles. The van der Waals surface area contributed by atoms with Crippen molar-refractivity contribution in [3.8, 4) is 6.07 Å². The molecule has 3 rings (SSSR count). The monoisotopic (exact) mass is 344 g/mol. The molecule has 0 atom stereocenters. The number of halogens is 2. The molecule has 7 heteroatoms. The van der Waals surface area contributed by atoms with Crippen LogP contribution < -0.4 is 4.90 Å². The van der Waals surface area contributed by atoms with Crippen molar-refractivity contribution in [2.75, 3.05) is 31.1 Å². The molecule has 2 aromatic rings. The van der Waals surface area contributed by atoms with Crippen molar-refractivity contribution >= 4 is 23.3 Å². The summed E-state index contributed by atoms with van der Waals surface area (Å²) in [5.74, 6) is -0.0415. The van der Waals surface area contributed by atoms with Gasteiger partial charge in [-0.25, -0.2) is 9.37 Å². The van der Waals surface area contributed by atoms with Gasteiger partial charge in [-0.05, 0) is 30.3 Å². The minimum Gasteiger partial charge on any atom is -0.353 e. The number of benzene rings is 1. The average molecular weight is 345 g/mol. The highest BCUT2D eigenvalue weighted by Crippen LogP contribution is 2.18. The predicted molar refractivity (Wildman–Crippen MR) is 88.5 cm³/mol. The predicted octanol–water partition coefficient (Wildman–Crippen LogP) is 2.71. The molecule has 0 aliphatic carbocycles.